The average Bonchev–Trinajstić information content (AvgIpc) is 2.53. The minimum absolute atomic E-state index is 0.0169. The van der Waals surface area contributed by atoms with Crippen molar-refractivity contribution in [2.45, 2.75) is 78.6 Å². The highest BCUT2D eigenvalue weighted by molar-refractivity contribution is 5.68. The predicted molar refractivity (Wildman–Crippen MR) is 109 cm³/mol. The third-order valence-corrected chi connectivity index (χ3v) is 5.04. The van der Waals surface area contributed by atoms with Crippen LogP contribution >= 0.6 is 0 Å². The number of aliphatic hydroxyl groups excluding tert-OH is 1. The van der Waals surface area contributed by atoms with Crippen LogP contribution in [0.2, 0.25) is 0 Å². The molecule has 1 N–H and O–H groups in total. The van der Waals surface area contributed by atoms with E-state index < -0.39 is 29.6 Å². The quantitative estimate of drug-likeness (QED) is 0.680. The Bertz CT molecular complexity index is 684. The average molecular weight is 410 g/mol. The number of amides is 1. The molecule has 0 bridgehead atoms. The Balaban J connectivity index is 1.94. The molecule has 1 saturated heterocycles. The van der Waals surface area contributed by atoms with Gasteiger partial charge in [-0.1, -0.05) is 13.0 Å². The Morgan fingerprint density at radius 3 is 2.24 bits per heavy atom. The van der Waals surface area contributed by atoms with Crippen LogP contribution in [-0.4, -0.2) is 52.7 Å². The van der Waals surface area contributed by atoms with Gasteiger partial charge in [0.15, 0.2) is 0 Å². The third kappa shape index (κ3) is 6.77. The maximum atomic E-state index is 12.3. The molecule has 0 aromatic heterocycles. The first-order chi connectivity index (χ1) is 13.2. The van der Waals surface area contributed by atoms with Crippen molar-refractivity contribution < 1.29 is 28.9 Å². The normalized spacial score (nSPS) is 27.9. The molecule has 0 aromatic rings. The summed E-state index contributed by atoms with van der Waals surface area (Å²) in [6.45, 7) is 13.7. The van der Waals surface area contributed by atoms with Gasteiger partial charge in [-0.15, -0.1) is 0 Å². The lowest BCUT2D eigenvalue weighted by atomic mass is 9.67. The molecule has 0 aromatic carbocycles. The number of β-amino-alcohol motifs (C(OH)–C–C–N with tert-alkyl or cyclic N) is 1. The van der Waals surface area contributed by atoms with Crippen LogP contribution in [0.1, 0.15) is 61.3 Å². The molecule has 1 unspecified atom stereocenters. The van der Waals surface area contributed by atoms with Crippen molar-refractivity contribution in [3.05, 3.63) is 24.0 Å². The summed E-state index contributed by atoms with van der Waals surface area (Å²) in [5, 5.41) is 10.7. The van der Waals surface area contributed by atoms with Gasteiger partial charge in [0.05, 0.1) is 12.6 Å². The number of hydrogen-bond donors (Lipinski definition) is 1. The van der Waals surface area contributed by atoms with Crippen molar-refractivity contribution in [1.29, 1.82) is 0 Å². The van der Waals surface area contributed by atoms with E-state index in [0.29, 0.717) is 25.1 Å². The molecule has 2 rings (SSSR count). The summed E-state index contributed by atoms with van der Waals surface area (Å²) < 4.78 is 15.8. The topological polar surface area (TPSA) is 85.3 Å². The number of carbonyl (C=O) groups is 2. The molecule has 3 atom stereocenters. The minimum atomic E-state index is -0.734. The third-order valence-electron chi connectivity index (χ3n) is 5.04. The van der Waals surface area contributed by atoms with E-state index in [-0.39, 0.29) is 17.9 Å². The van der Waals surface area contributed by atoms with Crippen molar-refractivity contribution in [2.75, 3.05) is 13.1 Å². The molecule has 1 fully saturated rings. The van der Waals surface area contributed by atoms with E-state index in [1.165, 1.54) is 0 Å². The number of aliphatic hydroxyl groups is 1. The molecule has 164 valence electrons. The zero-order valence-corrected chi connectivity index (χ0v) is 18.7. The number of likely N-dealkylation sites (tertiary alicyclic amines) is 1. The summed E-state index contributed by atoms with van der Waals surface area (Å²) in [7, 11) is 0. The second kappa shape index (κ2) is 8.38. The van der Waals surface area contributed by atoms with Crippen LogP contribution in [0, 0.1) is 11.3 Å². The summed E-state index contributed by atoms with van der Waals surface area (Å²) >= 11 is 0. The fourth-order valence-corrected chi connectivity index (χ4v) is 3.64. The van der Waals surface area contributed by atoms with E-state index >= 15 is 0 Å². The first kappa shape index (κ1) is 23.3. The van der Waals surface area contributed by atoms with Crippen molar-refractivity contribution in [2.24, 2.45) is 11.3 Å². The van der Waals surface area contributed by atoms with Gasteiger partial charge >= 0.3 is 12.2 Å². The number of carbonyl (C=O) groups excluding carboxylic acids is 2. The number of rotatable bonds is 2. The van der Waals surface area contributed by atoms with Crippen molar-refractivity contribution >= 4 is 12.2 Å². The van der Waals surface area contributed by atoms with E-state index in [1.54, 1.807) is 31.7 Å². The molecule has 1 aliphatic heterocycles. The van der Waals surface area contributed by atoms with Crippen LogP contribution in [0.25, 0.3) is 0 Å². The van der Waals surface area contributed by atoms with Crippen LogP contribution in [0.3, 0.4) is 0 Å². The van der Waals surface area contributed by atoms with E-state index in [9.17, 15) is 14.7 Å². The van der Waals surface area contributed by atoms with Gasteiger partial charge in [0, 0.05) is 6.54 Å². The standard InChI is InChI=1S/C22H35NO6/c1-20(2,3)28-18(25)23-13-10-16(17(24)14-23)22(7)11-8-15(9-12-22)27-19(26)29-21(4,5)6/h8-9,11,16-17,24H,10,12-14H2,1-7H3/t16-,17-,22?/m1/s1. The summed E-state index contributed by atoms with van der Waals surface area (Å²) in [5.41, 5.74) is -1.47. The van der Waals surface area contributed by atoms with Crippen LogP contribution in [0.4, 0.5) is 9.59 Å². The van der Waals surface area contributed by atoms with Gasteiger partial charge in [0.1, 0.15) is 17.0 Å². The van der Waals surface area contributed by atoms with Gasteiger partial charge in [-0.3, -0.25) is 0 Å². The highest BCUT2D eigenvalue weighted by atomic mass is 16.7. The fourth-order valence-electron chi connectivity index (χ4n) is 3.64. The van der Waals surface area contributed by atoms with E-state index in [2.05, 4.69) is 6.92 Å². The molecular formula is C22H35NO6. The van der Waals surface area contributed by atoms with Gasteiger partial charge < -0.3 is 24.2 Å². The first-order valence-corrected chi connectivity index (χ1v) is 10.1. The number of nitrogens with zero attached hydrogens (tertiary/aromatic N) is 1. The smallest absolute Gasteiger partial charge is 0.444 e. The van der Waals surface area contributed by atoms with Crippen molar-refractivity contribution in [3.63, 3.8) is 0 Å². The Morgan fingerprint density at radius 2 is 1.76 bits per heavy atom. The monoisotopic (exact) mass is 409 g/mol. The number of ether oxygens (including phenoxy) is 3. The predicted octanol–water partition coefficient (Wildman–Crippen LogP) is 4.41. The van der Waals surface area contributed by atoms with E-state index in [4.69, 9.17) is 14.2 Å². The minimum Gasteiger partial charge on any atom is -0.444 e. The van der Waals surface area contributed by atoms with Crippen molar-refractivity contribution in [1.82, 2.24) is 4.90 Å². The lowest BCUT2D eigenvalue weighted by molar-refractivity contribution is -0.0354. The molecule has 29 heavy (non-hydrogen) atoms. The summed E-state index contributed by atoms with van der Waals surface area (Å²) in [6, 6.07) is 0. The molecule has 1 amide bonds. The Kier molecular flexibility index (Phi) is 6.72. The molecule has 0 saturated carbocycles. The second-order valence-corrected chi connectivity index (χ2v) is 10.1. The first-order valence-electron chi connectivity index (χ1n) is 10.1. The van der Waals surface area contributed by atoms with Crippen LogP contribution in [-0.2, 0) is 14.2 Å². The lowest BCUT2D eigenvalue weighted by Gasteiger charge is -2.44. The molecular weight excluding hydrogens is 374 g/mol. The van der Waals surface area contributed by atoms with E-state index in [0.717, 1.165) is 0 Å². The maximum Gasteiger partial charge on any atom is 0.514 e. The highest BCUT2D eigenvalue weighted by Gasteiger charge is 2.42. The van der Waals surface area contributed by atoms with E-state index in [1.807, 2.05) is 32.9 Å². The molecule has 7 nitrogen and oxygen atoms in total. The largest absolute Gasteiger partial charge is 0.514 e. The number of piperidine rings is 1. The van der Waals surface area contributed by atoms with Gasteiger partial charge in [0.25, 0.3) is 0 Å². The molecule has 1 heterocycles. The Hall–Kier alpha value is -2.02. The fraction of sp³-hybridized carbons (Fsp3) is 0.727. The SMILES string of the molecule is CC(C)(C)OC(=O)OC1=CCC(C)([C@@H]2CCN(C(=O)OC(C)(C)C)C[C@H]2O)C=C1. The van der Waals surface area contributed by atoms with Crippen molar-refractivity contribution in [3.8, 4) is 0 Å². The lowest BCUT2D eigenvalue weighted by Crippen LogP contribution is -2.51. The van der Waals surface area contributed by atoms with Crippen LogP contribution in [0.15, 0.2) is 24.0 Å². The van der Waals surface area contributed by atoms with Crippen LogP contribution < -0.4 is 0 Å². The molecule has 2 aliphatic rings. The van der Waals surface area contributed by atoms with Crippen LogP contribution in [0.5, 0.6) is 0 Å². The zero-order chi connectivity index (χ0) is 22.0. The molecule has 0 spiro atoms. The number of hydrogen-bond acceptors (Lipinski definition) is 6. The maximum absolute atomic E-state index is 12.3. The van der Waals surface area contributed by atoms with Gasteiger partial charge in [-0.05, 0) is 77.9 Å². The van der Waals surface area contributed by atoms with Gasteiger partial charge in [-0.25, -0.2) is 9.59 Å². The second-order valence-electron chi connectivity index (χ2n) is 10.1. The Labute approximate surface area is 173 Å². The molecule has 1 aliphatic carbocycles. The summed E-state index contributed by atoms with van der Waals surface area (Å²) in [5.74, 6) is 0.425. The molecule has 0 radical (unpaired) electrons. The molecule has 7 heteroatoms. The zero-order valence-electron chi connectivity index (χ0n) is 18.7. The summed E-state index contributed by atoms with van der Waals surface area (Å²) in [4.78, 5) is 25.7. The summed E-state index contributed by atoms with van der Waals surface area (Å²) in [6.07, 6.45) is 5.07. The highest BCUT2D eigenvalue weighted by Crippen LogP contribution is 2.42. The van der Waals surface area contributed by atoms with Gasteiger partial charge in [0.2, 0.25) is 0 Å². The van der Waals surface area contributed by atoms with Gasteiger partial charge in [-0.2, -0.15) is 0 Å². The Morgan fingerprint density at radius 1 is 1.14 bits per heavy atom. The number of allylic oxidation sites excluding steroid dienone is 3.